The van der Waals surface area contributed by atoms with E-state index < -0.39 is 0 Å². The molecule has 3 nitrogen and oxygen atoms in total. The van der Waals surface area contributed by atoms with E-state index in [1.54, 1.807) is 4.90 Å². The summed E-state index contributed by atoms with van der Waals surface area (Å²) in [5.41, 5.74) is 2.61. The number of halogens is 1. The lowest BCUT2D eigenvalue weighted by Crippen LogP contribution is -3.13. The van der Waals surface area contributed by atoms with Gasteiger partial charge in [0.25, 0.3) is 0 Å². The van der Waals surface area contributed by atoms with Crippen LogP contribution in [0.4, 0.5) is 5.69 Å². The Morgan fingerprint density at radius 1 is 1.09 bits per heavy atom. The van der Waals surface area contributed by atoms with E-state index >= 15 is 0 Å². The summed E-state index contributed by atoms with van der Waals surface area (Å²) in [5.74, 6) is 0.956. The number of quaternary nitrogens is 1. The first-order valence-corrected chi connectivity index (χ1v) is 8.68. The zero-order valence-corrected chi connectivity index (χ0v) is 14.4. The topological polar surface area (TPSA) is 16.9 Å². The van der Waals surface area contributed by atoms with E-state index in [0.29, 0.717) is 0 Å². The molecule has 0 bridgehead atoms. The molecule has 0 atom stereocenters. The first kappa shape index (κ1) is 16.2. The largest absolute Gasteiger partial charge is 0.494 e. The third-order valence-corrected chi connectivity index (χ3v) is 4.57. The molecule has 0 unspecified atom stereocenters. The maximum absolute atomic E-state index is 6.09. The molecule has 3 rings (SSSR count). The van der Waals surface area contributed by atoms with E-state index in [1.165, 1.54) is 11.3 Å². The van der Waals surface area contributed by atoms with Crippen molar-refractivity contribution in [2.45, 2.75) is 13.5 Å². The Morgan fingerprint density at radius 3 is 2.48 bits per heavy atom. The summed E-state index contributed by atoms with van der Waals surface area (Å²) >= 11 is 6.09. The van der Waals surface area contributed by atoms with Crippen LogP contribution in [0.3, 0.4) is 0 Å². The van der Waals surface area contributed by atoms with E-state index in [-0.39, 0.29) is 0 Å². The smallest absolute Gasteiger partial charge is 0.119 e. The normalized spacial score (nSPS) is 15.7. The van der Waals surface area contributed by atoms with Crippen LogP contribution in [0, 0.1) is 0 Å². The molecule has 0 aliphatic carbocycles. The summed E-state index contributed by atoms with van der Waals surface area (Å²) in [4.78, 5) is 4.06. The number of ether oxygens (including phenoxy) is 1. The van der Waals surface area contributed by atoms with Crippen LogP contribution in [-0.4, -0.2) is 32.8 Å². The number of anilines is 1. The fourth-order valence-corrected chi connectivity index (χ4v) is 3.27. The van der Waals surface area contributed by atoms with E-state index in [1.807, 2.05) is 19.1 Å². The van der Waals surface area contributed by atoms with E-state index in [4.69, 9.17) is 16.3 Å². The molecule has 1 aliphatic heterocycles. The molecule has 2 aromatic carbocycles. The Morgan fingerprint density at radius 2 is 1.83 bits per heavy atom. The molecule has 1 N–H and O–H groups in total. The number of piperazine rings is 1. The maximum Gasteiger partial charge on any atom is 0.119 e. The van der Waals surface area contributed by atoms with Crippen molar-refractivity contribution in [1.29, 1.82) is 0 Å². The van der Waals surface area contributed by atoms with Gasteiger partial charge in [0, 0.05) is 16.3 Å². The number of nitrogens with zero attached hydrogens (tertiary/aromatic N) is 1. The molecule has 0 amide bonds. The molecular weight excluding hydrogens is 308 g/mol. The molecular formula is C19H24ClN2O+. The van der Waals surface area contributed by atoms with Crippen LogP contribution in [0.25, 0.3) is 0 Å². The predicted octanol–water partition coefficient (Wildman–Crippen LogP) is 2.64. The van der Waals surface area contributed by atoms with Gasteiger partial charge in [-0.3, -0.25) is 0 Å². The summed E-state index contributed by atoms with van der Waals surface area (Å²) in [6, 6.07) is 16.7. The van der Waals surface area contributed by atoms with Gasteiger partial charge in [-0.25, -0.2) is 0 Å². The molecule has 1 fully saturated rings. The highest BCUT2D eigenvalue weighted by molar-refractivity contribution is 6.30. The predicted molar refractivity (Wildman–Crippen MR) is 95.7 cm³/mol. The first-order chi connectivity index (χ1) is 11.2. The van der Waals surface area contributed by atoms with Crippen molar-refractivity contribution in [1.82, 2.24) is 0 Å². The van der Waals surface area contributed by atoms with Crippen molar-refractivity contribution in [2.75, 3.05) is 37.7 Å². The second kappa shape index (κ2) is 7.71. The lowest BCUT2D eigenvalue weighted by atomic mass is 10.2. The number of nitrogens with one attached hydrogen (secondary N) is 1. The number of hydrogen-bond acceptors (Lipinski definition) is 2. The second-order valence-electron chi connectivity index (χ2n) is 5.97. The number of rotatable bonds is 5. The Bertz CT molecular complexity index is 622. The van der Waals surface area contributed by atoms with Crippen molar-refractivity contribution in [2.24, 2.45) is 0 Å². The summed E-state index contributed by atoms with van der Waals surface area (Å²) in [5, 5.41) is 0.812. The van der Waals surface area contributed by atoms with Gasteiger partial charge in [0.15, 0.2) is 0 Å². The van der Waals surface area contributed by atoms with Crippen LogP contribution in [0.15, 0.2) is 48.5 Å². The molecule has 2 aromatic rings. The average molecular weight is 332 g/mol. The van der Waals surface area contributed by atoms with Crippen LogP contribution < -0.4 is 14.5 Å². The maximum atomic E-state index is 6.09. The van der Waals surface area contributed by atoms with Crippen molar-refractivity contribution < 1.29 is 9.64 Å². The fraction of sp³-hybridized carbons (Fsp3) is 0.368. The SMILES string of the molecule is CCOc1ccc(C[NH+]2CCN(c3cccc(Cl)c3)CC2)cc1. The van der Waals surface area contributed by atoms with Crippen LogP contribution in [-0.2, 0) is 6.54 Å². The minimum atomic E-state index is 0.718. The van der Waals surface area contributed by atoms with Crippen LogP contribution in [0.1, 0.15) is 12.5 Å². The molecule has 1 heterocycles. The Labute approximate surface area is 143 Å². The van der Waals surface area contributed by atoms with E-state index in [2.05, 4.69) is 41.3 Å². The minimum Gasteiger partial charge on any atom is -0.494 e. The minimum absolute atomic E-state index is 0.718. The highest BCUT2D eigenvalue weighted by Gasteiger charge is 2.20. The molecule has 0 aromatic heterocycles. The van der Waals surface area contributed by atoms with Gasteiger partial charge in [-0.05, 0) is 49.4 Å². The van der Waals surface area contributed by atoms with Gasteiger partial charge in [0.2, 0.25) is 0 Å². The van der Waals surface area contributed by atoms with E-state index in [9.17, 15) is 0 Å². The standard InChI is InChI=1S/C19H23ClN2O/c1-2-23-19-8-6-16(7-9-19)15-21-10-12-22(13-11-21)18-5-3-4-17(20)14-18/h3-9,14H,2,10-13,15H2,1H3/p+1. The summed E-state index contributed by atoms with van der Waals surface area (Å²) in [6.45, 7) is 8.27. The van der Waals surface area contributed by atoms with Crippen LogP contribution in [0.2, 0.25) is 5.02 Å². The zero-order chi connectivity index (χ0) is 16.1. The van der Waals surface area contributed by atoms with Gasteiger partial charge in [-0.15, -0.1) is 0 Å². The van der Waals surface area contributed by atoms with Crippen molar-refractivity contribution in [3.8, 4) is 5.75 Å². The number of hydrogen-bond donors (Lipinski definition) is 1. The summed E-state index contributed by atoms with van der Waals surface area (Å²) in [7, 11) is 0. The first-order valence-electron chi connectivity index (χ1n) is 8.30. The summed E-state index contributed by atoms with van der Waals surface area (Å²) in [6.07, 6.45) is 0. The fourth-order valence-electron chi connectivity index (χ4n) is 3.09. The van der Waals surface area contributed by atoms with Crippen LogP contribution in [0.5, 0.6) is 5.75 Å². The van der Waals surface area contributed by atoms with Gasteiger partial charge in [-0.2, -0.15) is 0 Å². The van der Waals surface area contributed by atoms with Gasteiger partial charge in [0.1, 0.15) is 12.3 Å². The summed E-state index contributed by atoms with van der Waals surface area (Å²) < 4.78 is 5.50. The highest BCUT2D eigenvalue weighted by atomic mass is 35.5. The molecule has 4 heteroatoms. The molecule has 1 aliphatic rings. The second-order valence-corrected chi connectivity index (χ2v) is 6.41. The van der Waals surface area contributed by atoms with Crippen molar-refractivity contribution in [3.63, 3.8) is 0 Å². The zero-order valence-electron chi connectivity index (χ0n) is 13.6. The van der Waals surface area contributed by atoms with E-state index in [0.717, 1.165) is 50.1 Å². The number of benzene rings is 2. The lowest BCUT2D eigenvalue weighted by molar-refractivity contribution is -0.914. The highest BCUT2D eigenvalue weighted by Crippen LogP contribution is 2.19. The van der Waals surface area contributed by atoms with Gasteiger partial charge >= 0.3 is 0 Å². The average Bonchev–Trinajstić information content (AvgIpc) is 2.58. The van der Waals surface area contributed by atoms with Crippen molar-refractivity contribution in [3.05, 3.63) is 59.1 Å². The Kier molecular flexibility index (Phi) is 5.42. The quantitative estimate of drug-likeness (QED) is 0.907. The third-order valence-electron chi connectivity index (χ3n) is 4.33. The molecule has 0 saturated carbocycles. The lowest BCUT2D eigenvalue weighted by Gasteiger charge is -2.33. The molecule has 1 saturated heterocycles. The molecule has 0 radical (unpaired) electrons. The third kappa shape index (κ3) is 4.40. The molecule has 122 valence electrons. The van der Waals surface area contributed by atoms with Gasteiger partial charge in [-0.1, -0.05) is 17.7 Å². The molecule has 23 heavy (non-hydrogen) atoms. The Balaban J connectivity index is 1.52. The van der Waals surface area contributed by atoms with Crippen molar-refractivity contribution >= 4 is 17.3 Å². The van der Waals surface area contributed by atoms with Gasteiger partial charge < -0.3 is 14.5 Å². The Hall–Kier alpha value is -1.71. The van der Waals surface area contributed by atoms with Gasteiger partial charge in [0.05, 0.1) is 32.8 Å². The molecule has 0 spiro atoms. The van der Waals surface area contributed by atoms with Crippen LogP contribution >= 0.6 is 11.6 Å². The monoisotopic (exact) mass is 331 g/mol.